The number of nitrogens with two attached hydrogens (primary N) is 1. The zero-order chi connectivity index (χ0) is 11.5. The Morgan fingerprint density at radius 2 is 2.31 bits per heavy atom. The van der Waals surface area contributed by atoms with E-state index < -0.39 is 0 Å². The first kappa shape index (κ1) is 11.2. The second kappa shape index (κ2) is 4.72. The van der Waals surface area contributed by atoms with E-state index in [-0.39, 0.29) is 0 Å². The second-order valence-electron chi connectivity index (χ2n) is 3.70. The summed E-state index contributed by atoms with van der Waals surface area (Å²) in [7, 11) is 1.94. The maximum Gasteiger partial charge on any atom is 0.155 e. The first-order valence-electron chi connectivity index (χ1n) is 5.30. The highest BCUT2D eigenvalue weighted by Crippen LogP contribution is 2.21. The van der Waals surface area contributed by atoms with Gasteiger partial charge in [0.2, 0.25) is 0 Å². The topological polar surface area (TPSA) is 55.3 Å². The van der Waals surface area contributed by atoms with Gasteiger partial charge in [-0.2, -0.15) is 0 Å². The van der Waals surface area contributed by atoms with Crippen molar-refractivity contribution in [2.45, 2.75) is 12.8 Å². The van der Waals surface area contributed by atoms with Gasteiger partial charge in [0.1, 0.15) is 11.6 Å². The van der Waals surface area contributed by atoms with Crippen molar-refractivity contribution in [3.8, 4) is 0 Å². The molecule has 3 N–H and O–H groups in total. The molecule has 0 aromatic carbocycles. The van der Waals surface area contributed by atoms with Gasteiger partial charge in [0.15, 0.2) is 5.15 Å². The summed E-state index contributed by atoms with van der Waals surface area (Å²) < 4.78 is 1.91. The maximum absolute atomic E-state index is 6.06. The van der Waals surface area contributed by atoms with Crippen LogP contribution >= 0.6 is 11.6 Å². The number of fused-ring (bicyclic) bond motifs is 1. The van der Waals surface area contributed by atoms with Crippen LogP contribution in [0.25, 0.3) is 5.52 Å². The van der Waals surface area contributed by atoms with Crippen LogP contribution in [0, 0.1) is 0 Å². The number of anilines is 1. The largest absolute Gasteiger partial charge is 0.385 e. The average molecular weight is 239 g/mol. The van der Waals surface area contributed by atoms with Crippen molar-refractivity contribution >= 4 is 22.9 Å². The van der Waals surface area contributed by atoms with Crippen LogP contribution in [-0.4, -0.2) is 23.0 Å². The minimum Gasteiger partial charge on any atom is -0.385 e. The Bertz CT molecular complexity index is 492. The molecule has 0 saturated carbocycles. The summed E-state index contributed by atoms with van der Waals surface area (Å²) in [5.74, 6) is 1.60. The van der Waals surface area contributed by atoms with E-state index in [1.54, 1.807) is 0 Å². The number of hydrogen-bond acceptors (Lipinski definition) is 3. The lowest BCUT2D eigenvalue weighted by molar-refractivity contribution is 0.702. The van der Waals surface area contributed by atoms with Gasteiger partial charge in [0.25, 0.3) is 0 Å². The third-order valence-corrected chi connectivity index (χ3v) is 2.82. The fourth-order valence-electron chi connectivity index (χ4n) is 1.79. The average Bonchev–Trinajstić information content (AvgIpc) is 2.58. The molecule has 0 radical (unpaired) electrons. The van der Waals surface area contributed by atoms with E-state index >= 15 is 0 Å². The number of imidazole rings is 1. The Kier molecular flexibility index (Phi) is 3.31. The summed E-state index contributed by atoms with van der Waals surface area (Å²) in [4.78, 5) is 4.34. The predicted octanol–water partition coefficient (Wildman–Crippen LogP) is 1.72. The van der Waals surface area contributed by atoms with Crippen LogP contribution in [0.1, 0.15) is 12.2 Å². The fraction of sp³-hybridized carbons (Fsp3) is 0.364. The molecule has 16 heavy (non-hydrogen) atoms. The number of hydrogen-bond donors (Lipinski definition) is 2. The Morgan fingerprint density at radius 1 is 1.50 bits per heavy atom. The monoisotopic (exact) mass is 238 g/mol. The molecule has 4 nitrogen and oxygen atoms in total. The lowest BCUT2D eigenvalue weighted by Crippen LogP contribution is -2.10. The summed E-state index contributed by atoms with van der Waals surface area (Å²) in [5, 5.41) is 3.63. The Hall–Kier alpha value is -1.26. The SMILES string of the molecule is CNCCCc1nc(Cl)c2cccc(N)n12. The number of halogens is 1. The third-order valence-electron chi connectivity index (χ3n) is 2.54. The Morgan fingerprint density at radius 3 is 3.06 bits per heavy atom. The highest BCUT2D eigenvalue weighted by molar-refractivity contribution is 6.32. The third kappa shape index (κ3) is 1.99. The summed E-state index contributed by atoms with van der Waals surface area (Å²) in [6, 6.07) is 5.66. The molecule has 2 heterocycles. The molecule has 5 heteroatoms. The predicted molar refractivity (Wildman–Crippen MR) is 66.9 cm³/mol. The van der Waals surface area contributed by atoms with Gasteiger partial charge in [0.05, 0.1) is 5.52 Å². The lowest BCUT2D eigenvalue weighted by atomic mass is 10.3. The van der Waals surface area contributed by atoms with Crippen molar-refractivity contribution in [2.75, 3.05) is 19.3 Å². The van der Waals surface area contributed by atoms with Gasteiger partial charge >= 0.3 is 0 Å². The lowest BCUT2D eigenvalue weighted by Gasteiger charge is -2.04. The van der Waals surface area contributed by atoms with E-state index in [1.807, 2.05) is 29.6 Å². The van der Waals surface area contributed by atoms with E-state index in [4.69, 9.17) is 17.3 Å². The van der Waals surface area contributed by atoms with E-state index in [1.165, 1.54) is 0 Å². The summed E-state index contributed by atoms with van der Waals surface area (Å²) in [6.07, 6.45) is 1.88. The minimum atomic E-state index is 0.520. The van der Waals surface area contributed by atoms with Crippen LogP contribution in [0.4, 0.5) is 5.82 Å². The van der Waals surface area contributed by atoms with E-state index in [0.717, 1.165) is 30.7 Å². The Balaban J connectivity index is 2.37. The number of nitrogens with zero attached hydrogens (tertiary/aromatic N) is 2. The zero-order valence-corrected chi connectivity index (χ0v) is 9.96. The molecule has 2 aromatic heterocycles. The van der Waals surface area contributed by atoms with Crippen molar-refractivity contribution < 1.29 is 0 Å². The smallest absolute Gasteiger partial charge is 0.155 e. The molecule has 0 aliphatic heterocycles. The molecule has 0 atom stereocenters. The molecule has 86 valence electrons. The van der Waals surface area contributed by atoms with Gasteiger partial charge in [-0.1, -0.05) is 17.7 Å². The van der Waals surface area contributed by atoms with Crippen molar-refractivity contribution in [3.05, 3.63) is 29.2 Å². The molecule has 0 aliphatic carbocycles. The van der Waals surface area contributed by atoms with Crippen LogP contribution in [0.2, 0.25) is 5.15 Å². The first-order valence-corrected chi connectivity index (χ1v) is 5.67. The Labute approximate surface area is 99.4 Å². The van der Waals surface area contributed by atoms with Crippen LogP contribution in [-0.2, 0) is 6.42 Å². The van der Waals surface area contributed by atoms with Crippen LogP contribution in [0.5, 0.6) is 0 Å². The quantitative estimate of drug-likeness (QED) is 0.798. The van der Waals surface area contributed by atoms with Crippen molar-refractivity contribution in [3.63, 3.8) is 0 Å². The van der Waals surface area contributed by atoms with Gasteiger partial charge in [-0.15, -0.1) is 0 Å². The molecule has 2 rings (SSSR count). The van der Waals surface area contributed by atoms with E-state index in [0.29, 0.717) is 11.0 Å². The summed E-state index contributed by atoms with van der Waals surface area (Å²) in [5.41, 5.74) is 6.80. The zero-order valence-electron chi connectivity index (χ0n) is 9.20. The van der Waals surface area contributed by atoms with Crippen LogP contribution in [0.3, 0.4) is 0 Å². The highest BCUT2D eigenvalue weighted by atomic mass is 35.5. The molecule has 0 unspecified atom stereocenters. The standard InChI is InChI=1S/C11H15ClN4/c1-14-7-3-6-10-15-11(12)8-4-2-5-9(13)16(8)10/h2,4-5,14H,3,6-7,13H2,1H3. The van der Waals surface area contributed by atoms with Gasteiger partial charge in [0, 0.05) is 6.42 Å². The van der Waals surface area contributed by atoms with Gasteiger partial charge in [-0.25, -0.2) is 4.98 Å². The van der Waals surface area contributed by atoms with E-state index in [9.17, 15) is 0 Å². The van der Waals surface area contributed by atoms with Gasteiger partial charge < -0.3 is 11.1 Å². The van der Waals surface area contributed by atoms with E-state index in [2.05, 4.69) is 10.3 Å². The molecule has 2 aromatic rings. The highest BCUT2D eigenvalue weighted by Gasteiger charge is 2.10. The number of rotatable bonds is 4. The van der Waals surface area contributed by atoms with Crippen LogP contribution < -0.4 is 11.1 Å². The molecule has 0 amide bonds. The number of nitrogen functional groups attached to an aromatic ring is 1. The summed E-state index contributed by atoms with van der Waals surface area (Å²) >= 11 is 6.06. The number of nitrogens with one attached hydrogen (secondary N) is 1. The minimum absolute atomic E-state index is 0.520. The second-order valence-corrected chi connectivity index (χ2v) is 4.06. The molecule has 0 spiro atoms. The molecule has 0 saturated heterocycles. The maximum atomic E-state index is 6.06. The fourth-order valence-corrected chi connectivity index (χ4v) is 2.03. The normalized spacial score (nSPS) is 11.1. The van der Waals surface area contributed by atoms with Crippen molar-refractivity contribution in [1.29, 1.82) is 0 Å². The molecular weight excluding hydrogens is 224 g/mol. The summed E-state index contributed by atoms with van der Waals surface area (Å²) in [6.45, 7) is 0.958. The number of aryl methyl sites for hydroxylation is 1. The number of pyridine rings is 1. The molecule has 0 aliphatic rings. The first-order chi connectivity index (χ1) is 7.74. The molecule has 0 fully saturated rings. The van der Waals surface area contributed by atoms with Gasteiger partial charge in [-0.05, 0) is 32.1 Å². The molecule has 0 bridgehead atoms. The number of aromatic nitrogens is 2. The molecular formula is C11H15ClN4. The van der Waals surface area contributed by atoms with Crippen molar-refractivity contribution in [1.82, 2.24) is 14.7 Å². The van der Waals surface area contributed by atoms with Crippen LogP contribution in [0.15, 0.2) is 18.2 Å². The van der Waals surface area contributed by atoms with Crippen molar-refractivity contribution in [2.24, 2.45) is 0 Å². The van der Waals surface area contributed by atoms with Gasteiger partial charge in [-0.3, -0.25) is 4.40 Å².